The van der Waals surface area contributed by atoms with Crippen molar-refractivity contribution in [2.24, 2.45) is 0 Å². The monoisotopic (exact) mass is 327 g/mol. The lowest BCUT2D eigenvalue weighted by atomic mass is 10.0. The molecule has 0 atom stereocenters. The van der Waals surface area contributed by atoms with Crippen LogP contribution in [0.15, 0.2) is 71.1 Å². The third kappa shape index (κ3) is 2.13. The lowest BCUT2D eigenvalue weighted by Gasteiger charge is -2.07. The zero-order chi connectivity index (χ0) is 17.0. The van der Waals surface area contributed by atoms with Crippen LogP contribution in [0.1, 0.15) is 5.56 Å². The fourth-order valence-electron chi connectivity index (χ4n) is 3.50. The Bertz CT molecular complexity index is 1250. The van der Waals surface area contributed by atoms with Crippen LogP contribution in [0.25, 0.3) is 44.1 Å². The Morgan fingerprint density at radius 1 is 0.880 bits per heavy atom. The molecular formula is C22H14FNO. The SMILES string of the molecule is Cc1cc(F)cc(-c2nc3ccccc3c3c2oc2ccccc23)c1. The molecular weight excluding hydrogens is 313 g/mol. The van der Waals surface area contributed by atoms with Gasteiger partial charge >= 0.3 is 0 Å². The summed E-state index contributed by atoms with van der Waals surface area (Å²) in [6, 6.07) is 20.9. The van der Waals surface area contributed by atoms with E-state index in [9.17, 15) is 4.39 Å². The molecule has 25 heavy (non-hydrogen) atoms. The Balaban J connectivity index is 2.01. The molecule has 0 saturated heterocycles. The topological polar surface area (TPSA) is 26.0 Å². The van der Waals surface area contributed by atoms with Crippen molar-refractivity contribution in [2.75, 3.05) is 0 Å². The Kier molecular flexibility index (Phi) is 2.92. The average Bonchev–Trinajstić information content (AvgIpc) is 3.00. The summed E-state index contributed by atoms with van der Waals surface area (Å²) in [4.78, 5) is 4.79. The van der Waals surface area contributed by atoms with Crippen LogP contribution in [0, 0.1) is 12.7 Å². The van der Waals surface area contributed by atoms with Gasteiger partial charge in [0.2, 0.25) is 0 Å². The highest BCUT2D eigenvalue weighted by Gasteiger charge is 2.17. The van der Waals surface area contributed by atoms with E-state index in [0.29, 0.717) is 11.3 Å². The molecule has 0 bridgehead atoms. The maximum atomic E-state index is 14.0. The third-order valence-corrected chi connectivity index (χ3v) is 4.53. The first-order chi connectivity index (χ1) is 12.2. The number of fused-ring (bicyclic) bond motifs is 5. The van der Waals surface area contributed by atoms with Crippen molar-refractivity contribution in [3.63, 3.8) is 0 Å². The van der Waals surface area contributed by atoms with E-state index in [2.05, 4.69) is 0 Å². The van der Waals surface area contributed by atoms with E-state index < -0.39 is 0 Å². The lowest BCUT2D eigenvalue weighted by Crippen LogP contribution is -1.89. The van der Waals surface area contributed by atoms with Crippen LogP contribution in [0.5, 0.6) is 0 Å². The molecule has 0 aliphatic heterocycles. The first-order valence-corrected chi connectivity index (χ1v) is 8.18. The van der Waals surface area contributed by atoms with Gasteiger partial charge in [0.25, 0.3) is 0 Å². The second kappa shape index (κ2) is 5.15. The highest BCUT2D eigenvalue weighted by molar-refractivity contribution is 6.20. The van der Waals surface area contributed by atoms with Gasteiger partial charge < -0.3 is 4.42 Å². The maximum absolute atomic E-state index is 14.0. The smallest absolute Gasteiger partial charge is 0.162 e. The number of furan rings is 1. The molecule has 3 aromatic carbocycles. The van der Waals surface area contributed by atoms with Crippen LogP contribution in [-0.2, 0) is 0 Å². The molecule has 0 spiro atoms. The quantitative estimate of drug-likeness (QED) is 0.364. The van der Waals surface area contributed by atoms with E-state index in [1.807, 2.05) is 61.5 Å². The zero-order valence-electron chi connectivity index (χ0n) is 13.6. The lowest BCUT2D eigenvalue weighted by molar-refractivity contribution is 0.627. The van der Waals surface area contributed by atoms with Crippen LogP contribution < -0.4 is 0 Å². The fraction of sp³-hybridized carbons (Fsp3) is 0.0455. The third-order valence-electron chi connectivity index (χ3n) is 4.53. The zero-order valence-corrected chi connectivity index (χ0v) is 13.6. The molecule has 2 heterocycles. The summed E-state index contributed by atoms with van der Waals surface area (Å²) in [5.41, 5.74) is 4.64. The van der Waals surface area contributed by atoms with Crippen molar-refractivity contribution < 1.29 is 8.81 Å². The number of halogens is 1. The summed E-state index contributed by atoms with van der Waals surface area (Å²) in [7, 11) is 0. The van der Waals surface area contributed by atoms with Crippen LogP contribution in [0.2, 0.25) is 0 Å². The van der Waals surface area contributed by atoms with Crippen LogP contribution in [0.3, 0.4) is 0 Å². The molecule has 0 aliphatic carbocycles. The molecule has 0 unspecified atom stereocenters. The largest absolute Gasteiger partial charge is 0.454 e. The highest BCUT2D eigenvalue weighted by atomic mass is 19.1. The summed E-state index contributed by atoms with van der Waals surface area (Å²) in [5.74, 6) is -0.269. The second-order valence-corrected chi connectivity index (χ2v) is 6.30. The van der Waals surface area contributed by atoms with E-state index in [4.69, 9.17) is 9.40 Å². The fourth-order valence-corrected chi connectivity index (χ4v) is 3.50. The Hall–Kier alpha value is -3.20. The van der Waals surface area contributed by atoms with Gasteiger partial charge in [-0.15, -0.1) is 0 Å². The standard InChI is InChI=1S/C22H14FNO/c1-13-10-14(12-15(23)11-13)21-22-20(16-6-2-4-8-18(16)24-21)17-7-3-5-9-19(17)25-22/h2-12H,1H3. The number of hydrogen-bond donors (Lipinski definition) is 0. The van der Waals surface area contributed by atoms with Crippen molar-refractivity contribution in [2.45, 2.75) is 6.92 Å². The molecule has 2 aromatic heterocycles. The average molecular weight is 327 g/mol. The molecule has 5 rings (SSSR count). The molecule has 5 aromatic rings. The summed E-state index contributed by atoms with van der Waals surface area (Å²) in [6.45, 7) is 1.88. The molecule has 0 saturated carbocycles. The van der Waals surface area contributed by atoms with E-state index in [0.717, 1.165) is 38.4 Å². The molecule has 0 radical (unpaired) electrons. The van der Waals surface area contributed by atoms with Crippen molar-refractivity contribution in [1.29, 1.82) is 0 Å². The van der Waals surface area contributed by atoms with Crippen molar-refractivity contribution in [3.8, 4) is 11.3 Å². The normalized spacial score (nSPS) is 11.6. The number of rotatable bonds is 1. The number of benzene rings is 3. The molecule has 2 nitrogen and oxygen atoms in total. The number of nitrogens with zero attached hydrogens (tertiary/aromatic N) is 1. The summed E-state index contributed by atoms with van der Waals surface area (Å²) in [5, 5.41) is 3.11. The predicted molar refractivity (Wildman–Crippen MR) is 99.2 cm³/mol. The minimum atomic E-state index is -0.269. The first kappa shape index (κ1) is 14.2. The van der Waals surface area contributed by atoms with E-state index in [1.54, 1.807) is 0 Å². The number of para-hydroxylation sites is 2. The minimum Gasteiger partial charge on any atom is -0.454 e. The molecule has 0 N–H and O–H groups in total. The molecule has 0 aliphatic rings. The van der Waals surface area contributed by atoms with Gasteiger partial charge in [-0.25, -0.2) is 9.37 Å². The predicted octanol–water partition coefficient (Wildman–Crippen LogP) is 6.25. The molecule has 0 amide bonds. The number of aryl methyl sites for hydroxylation is 1. The van der Waals surface area contributed by atoms with E-state index in [1.165, 1.54) is 12.1 Å². The maximum Gasteiger partial charge on any atom is 0.162 e. The van der Waals surface area contributed by atoms with Crippen LogP contribution in [-0.4, -0.2) is 4.98 Å². The van der Waals surface area contributed by atoms with Gasteiger partial charge in [0.15, 0.2) is 5.58 Å². The highest BCUT2D eigenvalue weighted by Crippen LogP contribution is 2.39. The van der Waals surface area contributed by atoms with Gasteiger partial charge in [-0.3, -0.25) is 0 Å². The summed E-state index contributed by atoms with van der Waals surface area (Å²) < 4.78 is 20.1. The Morgan fingerprint density at radius 2 is 1.64 bits per heavy atom. The van der Waals surface area contributed by atoms with Crippen LogP contribution >= 0.6 is 0 Å². The van der Waals surface area contributed by atoms with Crippen molar-refractivity contribution >= 4 is 32.8 Å². The summed E-state index contributed by atoms with van der Waals surface area (Å²) >= 11 is 0. The van der Waals surface area contributed by atoms with Crippen LogP contribution in [0.4, 0.5) is 4.39 Å². The van der Waals surface area contributed by atoms with Gasteiger partial charge in [-0.2, -0.15) is 0 Å². The number of hydrogen-bond acceptors (Lipinski definition) is 2. The van der Waals surface area contributed by atoms with Crippen molar-refractivity contribution in [3.05, 3.63) is 78.1 Å². The summed E-state index contributed by atoms with van der Waals surface area (Å²) in [6.07, 6.45) is 0. The van der Waals surface area contributed by atoms with E-state index >= 15 is 0 Å². The Morgan fingerprint density at radius 3 is 2.48 bits per heavy atom. The number of pyridine rings is 1. The van der Waals surface area contributed by atoms with Gasteiger partial charge in [-0.1, -0.05) is 36.4 Å². The Labute approximate surface area is 143 Å². The molecule has 0 fully saturated rings. The van der Waals surface area contributed by atoms with Crippen molar-refractivity contribution in [1.82, 2.24) is 4.98 Å². The molecule has 120 valence electrons. The van der Waals surface area contributed by atoms with Gasteiger partial charge in [0.1, 0.15) is 17.1 Å². The molecule has 3 heteroatoms. The minimum absolute atomic E-state index is 0.269. The number of aromatic nitrogens is 1. The van der Waals surface area contributed by atoms with Gasteiger partial charge in [0.05, 0.1) is 5.52 Å². The first-order valence-electron chi connectivity index (χ1n) is 8.18. The van der Waals surface area contributed by atoms with Gasteiger partial charge in [0, 0.05) is 21.7 Å². The van der Waals surface area contributed by atoms with E-state index in [-0.39, 0.29) is 5.82 Å². The van der Waals surface area contributed by atoms with Gasteiger partial charge in [-0.05, 0) is 42.8 Å². The second-order valence-electron chi connectivity index (χ2n) is 6.30.